The molecule has 164 valence electrons. The fraction of sp³-hybridized carbons (Fsp3) is 0.346. The van der Waals surface area contributed by atoms with Crippen LogP contribution in [-0.2, 0) is 0 Å². The Morgan fingerprint density at radius 2 is 2.03 bits per heavy atom. The molecule has 1 N–H and O–H groups in total. The van der Waals surface area contributed by atoms with Gasteiger partial charge in [-0.05, 0) is 68.4 Å². The van der Waals surface area contributed by atoms with Crippen molar-refractivity contribution in [2.24, 2.45) is 5.41 Å². The summed E-state index contributed by atoms with van der Waals surface area (Å²) in [6, 6.07) is 15.7. The van der Waals surface area contributed by atoms with Gasteiger partial charge in [0.1, 0.15) is 5.82 Å². The second-order valence-corrected chi connectivity index (χ2v) is 9.55. The van der Waals surface area contributed by atoms with Crippen molar-refractivity contribution in [3.63, 3.8) is 0 Å². The van der Waals surface area contributed by atoms with Crippen molar-refractivity contribution < 1.29 is 4.79 Å². The lowest BCUT2D eigenvalue weighted by atomic mass is 9.87. The summed E-state index contributed by atoms with van der Waals surface area (Å²) in [5.41, 5.74) is 3.94. The Bertz CT molecular complexity index is 1110. The van der Waals surface area contributed by atoms with Gasteiger partial charge in [0.2, 0.25) is 0 Å². The fourth-order valence-corrected chi connectivity index (χ4v) is 4.88. The number of aromatic nitrogens is 2. The van der Waals surface area contributed by atoms with Crippen molar-refractivity contribution in [2.45, 2.75) is 38.6 Å². The van der Waals surface area contributed by atoms with Gasteiger partial charge in [-0.1, -0.05) is 35.4 Å². The van der Waals surface area contributed by atoms with Gasteiger partial charge in [-0.3, -0.25) is 9.78 Å². The van der Waals surface area contributed by atoms with Crippen molar-refractivity contribution in [1.82, 2.24) is 14.9 Å². The Morgan fingerprint density at radius 3 is 2.75 bits per heavy atom. The van der Waals surface area contributed by atoms with Crippen LogP contribution < -0.4 is 5.32 Å². The lowest BCUT2D eigenvalue weighted by Crippen LogP contribution is -2.50. The number of amides is 1. The van der Waals surface area contributed by atoms with Gasteiger partial charge in [-0.2, -0.15) is 0 Å². The zero-order valence-corrected chi connectivity index (χ0v) is 19.0. The molecule has 1 unspecified atom stereocenters. The van der Waals surface area contributed by atoms with Crippen LogP contribution in [0.15, 0.2) is 60.9 Å². The minimum absolute atomic E-state index is 0.0840. The van der Waals surface area contributed by atoms with Crippen molar-refractivity contribution in [3.05, 3.63) is 77.1 Å². The first kappa shape index (κ1) is 21.0. The maximum atomic E-state index is 13.9. The van der Waals surface area contributed by atoms with Gasteiger partial charge in [0.25, 0.3) is 5.91 Å². The van der Waals surface area contributed by atoms with Crippen LogP contribution in [0.3, 0.4) is 0 Å². The van der Waals surface area contributed by atoms with Gasteiger partial charge >= 0.3 is 0 Å². The Labute approximate surface area is 193 Å². The molecule has 1 saturated heterocycles. The lowest BCUT2D eigenvalue weighted by Gasteiger charge is -2.40. The quantitative estimate of drug-likeness (QED) is 0.554. The fourth-order valence-electron chi connectivity index (χ4n) is 4.77. The highest BCUT2D eigenvalue weighted by molar-refractivity contribution is 6.30. The molecule has 0 bridgehead atoms. The highest BCUT2D eigenvalue weighted by Crippen LogP contribution is 2.55. The molecule has 6 heteroatoms. The first-order valence-electron chi connectivity index (χ1n) is 11.2. The molecule has 3 aromatic rings. The highest BCUT2D eigenvalue weighted by atomic mass is 35.5. The highest BCUT2D eigenvalue weighted by Gasteiger charge is 2.49. The third kappa shape index (κ3) is 4.35. The van der Waals surface area contributed by atoms with Crippen LogP contribution in [-0.4, -0.2) is 39.9 Å². The van der Waals surface area contributed by atoms with E-state index in [4.69, 9.17) is 11.6 Å². The summed E-state index contributed by atoms with van der Waals surface area (Å²) >= 11 is 5.97. The summed E-state index contributed by atoms with van der Waals surface area (Å²) in [6.07, 6.45) is 8.07. The minimum Gasteiger partial charge on any atom is -0.368 e. The number of likely N-dealkylation sites (tertiary alicyclic amines) is 1. The second-order valence-electron chi connectivity index (χ2n) is 9.11. The van der Waals surface area contributed by atoms with Crippen molar-refractivity contribution in [3.8, 4) is 11.3 Å². The number of carbonyl (C=O) groups is 1. The zero-order chi connectivity index (χ0) is 22.1. The molecule has 0 radical (unpaired) electrons. The van der Waals surface area contributed by atoms with Gasteiger partial charge in [0.05, 0.1) is 10.7 Å². The third-order valence-electron chi connectivity index (χ3n) is 6.80. The van der Waals surface area contributed by atoms with E-state index in [0.717, 1.165) is 47.6 Å². The van der Waals surface area contributed by atoms with Gasteiger partial charge in [0, 0.05) is 42.7 Å². The number of halogens is 1. The molecule has 1 saturated carbocycles. The van der Waals surface area contributed by atoms with Crippen molar-refractivity contribution in [1.29, 1.82) is 0 Å². The Balaban J connectivity index is 1.42. The van der Waals surface area contributed by atoms with Gasteiger partial charge in [-0.25, -0.2) is 4.98 Å². The summed E-state index contributed by atoms with van der Waals surface area (Å²) in [5, 5.41) is 4.04. The zero-order valence-electron chi connectivity index (χ0n) is 18.2. The molecule has 1 spiro atoms. The molecular formula is C26H27ClN4O. The van der Waals surface area contributed by atoms with E-state index >= 15 is 0 Å². The molecule has 5 nitrogen and oxygen atoms in total. The molecule has 1 aliphatic carbocycles. The van der Waals surface area contributed by atoms with Crippen LogP contribution in [0, 0.1) is 12.3 Å². The van der Waals surface area contributed by atoms with E-state index in [2.05, 4.69) is 20.2 Å². The number of anilines is 1. The molecule has 2 fully saturated rings. The summed E-state index contributed by atoms with van der Waals surface area (Å²) in [5.74, 6) is 0.864. The molecule has 32 heavy (non-hydrogen) atoms. The molecule has 1 atom stereocenters. The molecule has 2 aliphatic rings. The number of pyridine rings is 2. The summed E-state index contributed by atoms with van der Waals surface area (Å²) in [4.78, 5) is 24.8. The van der Waals surface area contributed by atoms with E-state index in [0.29, 0.717) is 17.0 Å². The number of hydrogen-bond donors (Lipinski definition) is 1. The number of rotatable bonds is 5. The Hall–Kier alpha value is -2.92. The average Bonchev–Trinajstić information content (AvgIpc) is 3.57. The topological polar surface area (TPSA) is 58.1 Å². The average molecular weight is 447 g/mol. The van der Waals surface area contributed by atoms with E-state index in [-0.39, 0.29) is 11.9 Å². The number of hydrogen-bond acceptors (Lipinski definition) is 4. The van der Waals surface area contributed by atoms with E-state index in [1.165, 1.54) is 12.8 Å². The van der Waals surface area contributed by atoms with E-state index < -0.39 is 0 Å². The van der Waals surface area contributed by atoms with Crippen LogP contribution in [0.25, 0.3) is 11.3 Å². The van der Waals surface area contributed by atoms with E-state index in [9.17, 15) is 4.79 Å². The van der Waals surface area contributed by atoms with E-state index in [1.54, 1.807) is 12.4 Å². The summed E-state index contributed by atoms with van der Waals surface area (Å²) in [7, 11) is 0. The largest absolute Gasteiger partial charge is 0.368 e. The molecule has 3 heterocycles. The predicted octanol–water partition coefficient (Wildman–Crippen LogP) is 5.60. The van der Waals surface area contributed by atoms with Crippen LogP contribution in [0.2, 0.25) is 5.02 Å². The first-order valence-corrected chi connectivity index (χ1v) is 11.6. The summed E-state index contributed by atoms with van der Waals surface area (Å²) < 4.78 is 0. The standard InChI is InChI=1S/C26H27ClN4O/c1-18-5-7-21(23-4-2-3-12-28-23)22(14-18)25(32)31-13-11-26(9-10-26)15-20(31)17-30-24-8-6-19(27)16-29-24/h2-8,12,14,16,20H,9-11,13,15,17H2,1H3,(H,29,30). The van der Waals surface area contributed by atoms with Crippen LogP contribution in [0.4, 0.5) is 5.82 Å². The molecule has 1 amide bonds. The van der Waals surface area contributed by atoms with Crippen LogP contribution in [0.1, 0.15) is 41.6 Å². The summed E-state index contributed by atoms with van der Waals surface area (Å²) in [6.45, 7) is 3.49. The van der Waals surface area contributed by atoms with Crippen LogP contribution >= 0.6 is 11.6 Å². The maximum absolute atomic E-state index is 13.9. The van der Waals surface area contributed by atoms with Crippen molar-refractivity contribution >= 4 is 23.3 Å². The Kier molecular flexibility index (Phi) is 5.60. The smallest absolute Gasteiger partial charge is 0.254 e. The third-order valence-corrected chi connectivity index (χ3v) is 7.03. The van der Waals surface area contributed by atoms with Crippen molar-refractivity contribution in [2.75, 3.05) is 18.4 Å². The minimum atomic E-state index is 0.0840. The molecule has 1 aromatic carbocycles. The normalized spacial score (nSPS) is 19.1. The predicted molar refractivity (Wildman–Crippen MR) is 128 cm³/mol. The maximum Gasteiger partial charge on any atom is 0.254 e. The second kappa shape index (κ2) is 8.55. The number of carbonyl (C=O) groups excluding carboxylic acids is 1. The Morgan fingerprint density at radius 1 is 1.16 bits per heavy atom. The monoisotopic (exact) mass is 446 g/mol. The van der Waals surface area contributed by atoms with Gasteiger partial charge < -0.3 is 10.2 Å². The molecule has 5 rings (SSSR count). The number of nitrogens with zero attached hydrogens (tertiary/aromatic N) is 3. The molecule has 2 aromatic heterocycles. The SMILES string of the molecule is Cc1ccc(-c2ccccn2)c(C(=O)N2CCC3(CC3)CC2CNc2ccc(Cl)cn2)c1. The number of aryl methyl sites for hydroxylation is 1. The first-order chi connectivity index (χ1) is 15.5. The van der Waals surface area contributed by atoms with E-state index in [1.807, 2.05) is 55.5 Å². The van der Waals surface area contributed by atoms with Gasteiger partial charge in [-0.15, -0.1) is 0 Å². The number of piperidine rings is 1. The van der Waals surface area contributed by atoms with Crippen LogP contribution in [0.5, 0.6) is 0 Å². The lowest BCUT2D eigenvalue weighted by molar-refractivity contribution is 0.0546. The molecular weight excluding hydrogens is 420 g/mol. The van der Waals surface area contributed by atoms with Gasteiger partial charge in [0.15, 0.2) is 0 Å². The number of benzene rings is 1. The molecule has 1 aliphatic heterocycles. The number of nitrogens with one attached hydrogen (secondary N) is 1.